The van der Waals surface area contributed by atoms with Gasteiger partial charge in [-0.05, 0) is 42.7 Å². The fraction of sp³-hybridized carbons (Fsp3) is 0.370. The molecule has 2 aliphatic carbocycles. The Labute approximate surface area is 188 Å². The van der Waals surface area contributed by atoms with E-state index in [2.05, 4.69) is 35.4 Å². The van der Waals surface area contributed by atoms with Crippen LogP contribution in [0.5, 0.6) is 0 Å². The van der Waals surface area contributed by atoms with Crippen LogP contribution in [-0.2, 0) is 23.1 Å². The van der Waals surface area contributed by atoms with Crippen molar-refractivity contribution in [1.29, 1.82) is 5.26 Å². The Balaban J connectivity index is 1.67. The number of aliphatic hydroxyl groups is 1. The van der Waals surface area contributed by atoms with Crippen molar-refractivity contribution in [3.05, 3.63) is 77.0 Å². The number of aromatic amines is 1. The maximum absolute atomic E-state index is 12.9. The average Bonchev–Trinajstić information content (AvgIpc) is 3.27. The highest BCUT2D eigenvalue weighted by Crippen LogP contribution is 2.56. The van der Waals surface area contributed by atoms with Gasteiger partial charge in [-0.2, -0.15) is 10.4 Å². The van der Waals surface area contributed by atoms with Crippen LogP contribution in [0.1, 0.15) is 42.1 Å². The van der Waals surface area contributed by atoms with Crippen LogP contribution in [0.15, 0.2) is 54.6 Å². The molecule has 5 heteroatoms. The lowest BCUT2D eigenvalue weighted by atomic mass is 9.51. The van der Waals surface area contributed by atoms with E-state index < -0.39 is 11.3 Å². The maximum Gasteiger partial charge on any atom is 0.153 e. The first-order chi connectivity index (χ1) is 15.6. The summed E-state index contributed by atoms with van der Waals surface area (Å²) in [6, 6.07) is 20.8. The summed E-state index contributed by atoms with van der Waals surface area (Å²) in [5, 5.41) is 27.1. The molecule has 0 saturated heterocycles. The zero-order valence-electron chi connectivity index (χ0n) is 18.2. The zero-order chi connectivity index (χ0) is 22.3. The van der Waals surface area contributed by atoms with Gasteiger partial charge in [0.1, 0.15) is 5.92 Å². The molecule has 0 radical (unpaired) electrons. The molecule has 0 spiro atoms. The van der Waals surface area contributed by atoms with E-state index in [-0.39, 0.29) is 24.2 Å². The molecule has 0 bridgehead atoms. The van der Waals surface area contributed by atoms with Gasteiger partial charge in [-0.25, -0.2) is 0 Å². The summed E-state index contributed by atoms with van der Waals surface area (Å²) in [6.45, 7) is 2.13. The molecule has 0 amide bonds. The molecule has 1 unspecified atom stereocenters. The van der Waals surface area contributed by atoms with Crippen LogP contribution >= 0.6 is 0 Å². The second-order valence-corrected chi connectivity index (χ2v) is 9.16. The predicted molar refractivity (Wildman–Crippen MR) is 122 cm³/mol. The zero-order valence-corrected chi connectivity index (χ0v) is 18.2. The highest BCUT2D eigenvalue weighted by atomic mass is 16.3. The molecule has 2 aromatic carbocycles. The average molecular weight is 426 g/mol. The van der Waals surface area contributed by atoms with Gasteiger partial charge in [-0.3, -0.25) is 9.89 Å². The van der Waals surface area contributed by atoms with Crippen LogP contribution in [0, 0.1) is 29.1 Å². The van der Waals surface area contributed by atoms with Crippen molar-refractivity contribution >= 4 is 5.78 Å². The first kappa shape index (κ1) is 20.7. The van der Waals surface area contributed by atoms with E-state index >= 15 is 0 Å². The number of hydrogen-bond donors (Lipinski definition) is 2. The Bertz CT molecular complexity index is 1180. The maximum atomic E-state index is 12.9. The first-order valence-corrected chi connectivity index (χ1v) is 11.4. The van der Waals surface area contributed by atoms with E-state index in [1.165, 1.54) is 5.56 Å². The van der Waals surface area contributed by atoms with Gasteiger partial charge in [-0.15, -0.1) is 0 Å². The largest absolute Gasteiger partial charge is 0.396 e. The molecule has 3 aromatic rings. The van der Waals surface area contributed by atoms with Gasteiger partial charge in [0.15, 0.2) is 5.78 Å². The molecular formula is C27H27N3O2. The van der Waals surface area contributed by atoms with Crippen molar-refractivity contribution in [2.45, 2.75) is 38.0 Å². The van der Waals surface area contributed by atoms with E-state index in [0.717, 1.165) is 40.9 Å². The Morgan fingerprint density at radius 1 is 1.19 bits per heavy atom. The van der Waals surface area contributed by atoms with Crippen LogP contribution in [0.25, 0.3) is 11.3 Å². The number of nitrogens with one attached hydrogen (secondary N) is 1. The predicted octanol–water partition coefficient (Wildman–Crippen LogP) is 4.21. The number of ketones is 1. The fourth-order valence-corrected chi connectivity index (χ4v) is 6.10. The number of nitrogens with zero attached hydrogens (tertiary/aromatic N) is 2. The summed E-state index contributed by atoms with van der Waals surface area (Å²) < 4.78 is 0. The third-order valence-corrected chi connectivity index (χ3v) is 7.65. The summed E-state index contributed by atoms with van der Waals surface area (Å²) in [7, 11) is 0. The Hall–Kier alpha value is -3.23. The van der Waals surface area contributed by atoms with Crippen LogP contribution in [0.4, 0.5) is 0 Å². The van der Waals surface area contributed by atoms with Crippen LogP contribution in [0.2, 0.25) is 0 Å². The van der Waals surface area contributed by atoms with Crippen molar-refractivity contribution in [3.63, 3.8) is 0 Å². The molecule has 0 aliphatic heterocycles. The molecule has 2 aliphatic rings. The number of benzene rings is 2. The smallest absolute Gasteiger partial charge is 0.153 e. The molecule has 2 N–H and O–H groups in total. The van der Waals surface area contributed by atoms with E-state index in [0.29, 0.717) is 12.8 Å². The molecule has 1 saturated carbocycles. The molecule has 162 valence electrons. The summed E-state index contributed by atoms with van der Waals surface area (Å²) in [6.07, 6.45) is 2.88. The van der Waals surface area contributed by atoms with Gasteiger partial charge < -0.3 is 5.11 Å². The van der Waals surface area contributed by atoms with Crippen molar-refractivity contribution in [1.82, 2.24) is 10.2 Å². The van der Waals surface area contributed by atoms with Gasteiger partial charge in [0.2, 0.25) is 0 Å². The standard InChI is InChI=1S/C27H27N3O2/c1-17-23-12-11-22-24(19-9-7-18(8-10-19)13-14-31)29-30-26(22)27(23,15-20(16-28)25(17)32)21-5-3-2-4-6-21/h2-10,17,20,23,31H,11-15H2,1H3,(H,29,30)/t17-,20?,23-,27+/m0/s1. The van der Waals surface area contributed by atoms with Gasteiger partial charge >= 0.3 is 0 Å². The second kappa shape index (κ2) is 8.03. The lowest BCUT2D eigenvalue weighted by molar-refractivity contribution is -0.131. The highest BCUT2D eigenvalue weighted by molar-refractivity contribution is 5.87. The number of carbonyl (C=O) groups excluding carboxylic acids is 1. The quantitative estimate of drug-likeness (QED) is 0.655. The SMILES string of the molecule is C[C@@H]1C(=O)C(C#N)C[C@]2(c3ccccc3)c3[nH]nc(-c4ccc(CCO)cc4)c3CC[C@@H]12. The molecule has 1 heterocycles. The van der Waals surface area contributed by atoms with Crippen molar-refractivity contribution in [2.75, 3.05) is 6.61 Å². The normalized spacial score (nSPS) is 26.8. The van der Waals surface area contributed by atoms with E-state index in [1.54, 1.807) is 0 Å². The summed E-state index contributed by atoms with van der Waals surface area (Å²) >= 11 is 0. The number of carbonyl (C=O) groups is 1. The minimum absolute atomic E-state index is 0.0757. The van der Waals surface area contributed by atoms with Crippen LogP contribution in [-0.4, -0.2) is 27.7 Å². The molecule has 1 fully saturated rings. The Kier molecular flexibility index (Phi) is 5.19. The minimum atomic E-state index is -0.614. The molecule has 1 aromatic heterocycles. The van der Waals surface area contributed by atoms with E-state index in [1.807, 2.05) is 37.3 Å². The van der Waals surface area contributed by atoms with Gasteiger partial charge in [-0.1, -0.05) is 61.5 Å². The van der Waals surface area contributed by atoms with Gasteiger partial charge in [0, 0.05) is 34.8 Å². The third kappa shape index (κ3) is 3.02. The molecule has 5 rings (SSSR count). The van der Waals surface area contributed by atoms with Crippen molar-refractivity contribution in [3.8, 4) is 17.3 Å². The summed E-state index contributed by atoms with van der Waals surface area (Å²) in [5.74, 6) is -0.579. The minimum Gasteiger partial charge on any atom is -0.396 e. The van der Waals surface area contributed by atoms with Crippen molar-refractivity contribution < 1.29 is 9.90 Å². The third-order valence-electron chi connectivity index (χ3n) is 7.65. The number of aromatic nitrogens is 2. The van der Waals surface area contributed by atoms with Gasteiger partial charge in [0.05, 0.1) is 11.8 Å². The number of hydrogen-bond acceptors (Lipinski definition) is 4. The lowest BCUT2D eigenvalue weighted by Crippen LogP contribution is -2.52. The summed E-state index contributed by atoms with van der Waals surface area (Å²) in [5.41, 5.74) is 6.07. The van der Waals surface area contributed by atoms with Crippen LogP contribution in [0.3, 0.4) is 0 Å². The van der Waals surface area contributed by atoms with E-state index in [9.17, 15) is 15.2 Å². The van der Waals surface area contributed by atoms with Gasteiger partial charge in [0.25, 0.3) is 0 Å². The van der Waals surface area contributed by atoms with Crippen molar-refractivity contribution in [2.24, 2.45) is 17.8 Å². The fourth-order valence-electron chi connectivity index (χ4n) is 6.10. The highest BCUT2D eigenvalue weighted by Gasteiger charge is 2.56. The second-order valence-electron chi connectivity index (χ2n) is 9.16. The number of nitriles is 1. The first-order valence-electron chi connectivity index (χ1n) is 11.4. The lowest BCUT2D eigenvalue weighted by Gasteiger charge is -2.50. The number of aliphatic hydroxyl groups excluding tert-OH is 1. The molecule has 5 nitrogen and oxygen atoms in total. The number of H-pyrrole nitrogens is 1. The topological polar surface area (TPSA) is 89.8 Å². The number of rotatable bonds is 4. The molecule has 4 atom stereocenters. The molecular weight excluding hydrogens is 398 g/mol. The molecule has 32 heavy (non-hydrogen) atoms. The Morgan fingerprint density at radius 3 is 2.62 bits per heavy atom. The Morgan fingerprint density at radius 2 is 1.94 bits per heavy atom. The monoisotopic (exact) mass is 425 g/mol. The van der Waals surface area contributed by atoms with E-state index in [4.69, 9.17) is 5.10 Å². The van der Waals surface area contributed by atoms with Crippen LogP contribution < -0.4 is 0 Å². The number of Topliss-reactive ketones (excluding diaryl/α,β-unsaturated/α-hetero) is 1. The summed E-state index contributed by atoms with van der Waals surface area (Å²) in [4.78, 5) is 12.9. The number of fused-ring (bicyclic) bond motifs is 3.